The zero-order chi connectivity index (χ0) is 15.4. The standard InChI is InChI=1S/C17H27N3O2/c1-20-16-9-11-22-12-14(16)15(19-20)8-10-18-17(21)7-6-13-4-2-3-5-13/h13H,2-12H2,1H3,(H,18,21). The lowest BCUT2D eigenvalue weighted by atomic mass is 10.0. The third-order valence-electron chi connectivity index (χ3n) is 5.03. The van der Waals surface area contributed by atoms with E-state index in [0.29, 0.717) is 19.6 Å². The summed E-state index contributed by atoms with van der Waals surface area (Å²) in [7, 11) is 1.99. The number of carbonyl (C=O) groups is 1. The van der Waals surface area contributed by atoms with Crippen LogP contribution < -0.4 is 5.32 Å². The zero-order valence-corrected chi connectivity index (χ0v) is 13.6. The maximum absolute atomic E-state index is 11.9. The van der Waals surface area contributed by atoms with Gasteiger partial charge in [0, 0.05) is 44.1 Å². The van der Waals surface area contributed by atoms with Gasteiger partial charge in [0.25, 0.3) is 0 Å². The van der Waals surface area contributed by atoms with Crippen molar-refractivity contribution in [2.45, 2.75) is 58.0 Å². The second-order valence-electron chi connectivity index (χ2n) is 6.59. The van der Waals surface area contributed by atoms with E-state index in [1.165, 1.54) is 36.9 Å². The first-order valence-electron chi connectivity index (χ1n) is 8.62. The summed E-state index contributed by atoms with van der Waals surface area (Å²) >= 11 is 0. The number of nitrogens with zero attached hydrogens (tertiary/aromatic N) is 2. The Balaban J connectivity index is 1.42. The highest BCUT2D eigenvalue weighted by molar-refractivity contribution is 5.75. The van der Waals surface area contributed by atoms with Gasteiger partial charge in [-0.1, -0.05) is 25.7 Å². The van der Waals surface area contributed by atoms with Gasteiger partial charge in [0.1, 0.15) is 0 Å². The SMILES string of the molecule is Cn1nc(CCNC(=O)CCC2CCCC2)c2c1CCOC2. The van der Waals surface area contributed by atoms with Gasteiger partial charge in [-0.3, -0.25) is 9.48 Å². The van der Waals surface area contributed by atoms with E-state index < -0.39 is 0 Å². The summed E-state index contributed by atoms with van der Waals surface area (Å²) in [6.07, 6.45) is 8.78. The van der Waals surface area contributed by atoms with Gasteiger partial charge in [0.2, 0.25) is 5.91 Å². The molecule has 1 aliphatic heterocycles. The summed E-state index contributed by atoms with van der Waals surface area (Å²) < 4.78 is 7.50. The molecule has 1 amide bonds. The van der Waals surface area contributed by atoms with Crippen molar-refractivity contribution < 1.29 is 9.53 Å². The Morgan fingerprint density at radius 2 is 2.23 bits per heavy atom. The molecule has 0 unspecified atom stereocenters. The molecule has 5 heteroatoms. The smallest absolute Gasteiger partial charge is 0.220 e. The van der Waals surface area contributed by atoms with Crippen molar-refractivity contribution in [3.8, 4) is 0 Å². The zero-order valence-electron chi connectivity index (χ0n) is 13.6. The number of nitrogens with one attached hydrogen (secondary N) is 1. The number of hydrogen-bond donors (Lipinski definition) is 1. The fourth-order valence-corrected chi connectivity index (χ4v) is 3.73. The van der Waals surface area contributed by atoms with Crippen molar-refractivity contribution in [2.24, 2.45) is 13.0 Å². The van der Waals surface area contributed by atoms with Crippen LogP contribution in [0.4, 0.5) is 0 Å². The Morgan fingerprint density at radius 3 is 3.05 bits per heavy atom. The molecule has 22 heavy (non-hydrogen) atoms. The molecule has 1 fully saturated rings. The fraction of sp³-hybridized carbons (Fsp3) is 0.765. The van der Waals surface area contributed by atoms with Gasteiger partial charge >= 0.3 is 0 Å². The van der Waals surface area contributed by atoms with E-state index in [1.807, 2.05) is 11.7 Å². The van der Waals surface area contributed by atoms with Crippen LogP contribution in [0.2, 0.25) is 0 Å². The molecule has 0 radical (unpaired) electrons. The Hall–Kier alpha value is -1.36. The van der Waals surface area contributed by atoms with Crippen molar-refractivity contribution in [2.75, 3.05) is 13.2 Å². The maximum Gasteiger partial charge on any atom is 0.220 e. The van der Waals surface area contributed by atoms with Crippen molar-refractivity contribution >= 4 is 5.91 Å². The summed E-state index contributed by atoms with van der Waals surface area (Å²) in [5, 5.41) is 7.63. The van der Waals surface area contributed by atoms with Crippen molar-refractivity contribution in [3.63, 3.8) is 0 Å². The van der Waals surface area contributed by atoms with Crippen LogP contribution in [0.3, 0.4) is 0 Å². The lowest BCUT2D eigenvalue weighted by Gasteiger charge is -2.13. The molecule has 1 aliphatic carbocycles. The quantitative estimate of drug-likeness (QED) is 0.876. The molecule has 0 bridgehead atoms. The molecule has 3 rings (SSSR count). The molecule has 5 nitrogen and oxygen atoms in total. The number of rotatable bonds is 6. The maximum atomic E-state index is 11.9. The predicted molar refractivity (Wildman–Crippen MR) is 84.5 cm³/mol. The molecule has 1 aromatic rings. The predicted octanol–water partition coefficient (Wildman–Crippen LogP) is 2.12. The minimum absolute atomic E-state index is 0.188. The fourth-order valence-electron chi connectivity index (χ4n) is 3.73. The van der Waals surface area contributed by atoms with E-state index >= 15 is 0 Å². The largest absolute Gasteiger partial charge is 0.376 e. The summed E-state index contributed by atoms with van der Waals surface area (Å²) in [6.45, 7) is 2.12. The first kappa shape index (κ1) is 15.5. The first-order valence-corrected chi connectivity index (χ1v) is 8.62. The van der Waals surface area contributed by atoms with E-state index in [-0.39, 0.29) is 5.91 Å². The molecule has 0 spiro atoms. The molecular formula is C17H27N3O2. The van der Waals surface area contributed by atoms with E-state index in [9.17, 15) is 4.79 Å². The average Bonchev–Trinajstić information content (AvgIpc) is 3.15. The van der Waals surface area contributed by atoms with E-state index in [0.717, 1.165) is 37.5 Å². The molecule has 2 aliphatic rings. The highest BCUT2D eigenvalue weighted by atomic mass is 16.5. The Bertz CT molecular complexity index is 518. The molecule has 0 aromatic carbocycles. The summed E-state index contributed by atoms with van der Waals surface area (Å²) in [5.74, 6) is 0.971. The second kappa shape index (κ2) is 7.27. The number of amides is 1. The molecule has 0 atom stereocenters. The van der Waals surface area contributed by atoms with Crippen molar-refractivity contribution in [1.82, 2.24) is 15.1 Å². The summed E-state index contributed by atoms with van der Waals surface area (Å²) in [5.41, 5.74) is 3.59. The van der Waals surface area contributed by atoms with Crippen LogP contribution in [0.1, 0.15) is 55.5 Å². The molecule has 1 aromatic heterocycles. The Morgan fingerprint density at radius 1 is 1.41 bits per heavy atom. The summed E-state index contributed by atoms with van der Waals surface area (Å²) in [6, 6.07) is 0. The van der Waals surface area contributed by atoms with Gasteiger partial charge in [-0.25, -0.2) is 0 Å². The van der Waals surface area contributed by atoms with Crippen LogP contribution in [0.5, 0.6) is 0 Å². The van der Waals surface area contributed by atoms with Gasteiger partial charge in [-0.05, 0) is 12.3 Å². The Labute approximate surface area is 132 Å². The number of carbonyl (C=O) groups excluding carboxylic acids is 1. The van der Waals surface area contributed by atoms with Crippen LogP contribution in [-0.4, -0.2) is 28.8 Å². The highest BCUT2D eigenvalue weighted by Crippen LogP contribution is 2.28. The van der Waals surface area contributed by atoms with Gasteiger partial charge in [0.15, 0.2) is 0 Å². The van der Waals surface area contributed by atoms with Gasteiger partial charge in [-0.2, -0.15) is 5.10 Å². The molecule has 122 valence electrons. The van der Waals surface area contributed by atoms with E-state index in [4.69, 9.17) is 4.74 Å². The molecule has 1 saturated carbocycles. The minimum atomic E-state index is 0.188. The molecular weight excluding hydrogens is 278 g/mol. The lowest BCUT2D eigenvalue weighted by Crippen LogP contribution is -2.26. The molecule has 2 heterocycles. The summed E-state index contributed by atoms with van der Waals surface area (Å²) in [4.78, 5) is 11.9. The highest BCUT2D eigenvalue weighted by Gasteiger charge is 2.20. The monoisotopic (exact) mass is 305 g/mol. The average molecular weight is 305 g/mol. The minimum Gasteiger partial charge on any atom is -0.376 e. The van der Waals surface area contributed by atoms with Gasteiger partial charge < -0.3 is 10.1 Å². The van der Waals surface area contributed by atoms with E-state index in [1.54, 1.807) is 0 Å². The number of aryl methyl sites for hydroxylation is 1. The molecule has 0 saturated heterocycles. The lowest BCUT2D eigenvalue weighted by molar-refractivity contribution is -0.121. The topological polar surface area (TPSA) is 56.2 Å². The van der Waals surface area contributed by atoms with Crippen LogP contribution in [-0.2, 0) is 36.0 Å². The van der Waals surface area contributed by atoms with Gasteiger partial charge in [-0.15, -0.1) is 0 Å². The molecule has 1 N–H and O–H groups in total. The van der Waals surface area contributed by atoms with Gasteiger partial charge in [0.05, 0.1) is 18.9 Å². The first-order chi connectivity index (χ1) is 10.7. The third kappa shape index (κ3) is 3.69. The van der Waals surface area contributed by atoms with Crippen molar-refractivity contribution in [3.05, 3.63) is 17.0 Å². The number of aromatic nitrogens is 2. The van der Waals surface area contributed by atoms with Crippen LogP contribution in [0.15, 0.2) is 0 Å². The van der Waals surface area contributed by atoms with Crippen LogP contribution >= 0.6 is 0 Å². The van der Waals surface area contributed by atoms with Crippen molar-refractivity contribution in [1.29, 1.82) is 0 Å². The second-order valence-corrected chi connectivity index (χ2v) is 6.59. The Kier molecular flexibility index (Phi) is 5.13. The van der Waals surface area contributed by atoms with Crippen LogP contribution in [0, 0.1) is 5.92 Å². The van der Waals surface area contributed by atoms with Crippen LogP contribution in [0.25, 0.3) is 0 Å². The normalized spacial score (nSPS) is 18.4. The number of fused-ring (bicyclic) bond motifs is 1. The third-order valence-corrected chi connectivity index (χ3v) is 5.03. The number of hydrogen-bond acceptors (Lipinski definition) is 3. The number of ether oxygens (including phenoxy) is 1. The van der Waals surface area contributed by atoms with E-state index in [2.05, 4.69) is 10.4 Å².